The number of ether oxygens (including phenoxy) is 3. The Bertz CT molecular complexity index is 536. The molecule has 132 valence electrons. The van der Waals surface area contributed by atoms with Crippen LogP contribution in [0.3, 0.4) is 0 Å². The predicted molar refractivity (Wildman–Crippen MR) is 89.4 cm³/mol. The highest BCUT2D eigenvalue weighted by Gasteiger charge is 2.51. The lowest BCUT2D eigenvalue weighted by Crippen LogP contribution is -2.34. The van der Waals surface area contributed by atoms with Gasteiger partial charge in [-0.2, -0.15) is 0 Å². The van der Waals surface area contributed by atoms with Gasteiger partial charge in [0, 0.05) is 24.0 Å². The molecule has 1 aliphatic carbocycles. The minimum absolute atomic E-state index is 0.195. The van der Waals surface area contributed by atoms with Crippen LogP contribution < -0.4 is 0 Å². The van der Waals surface area contributed by atoms with Gasteiger partial charge in [-0.1, -0.05) is 35.4 Å². The van der Waals surface area contributed by atoms with Gasteiger partial charge in [-0.25, -0.2) is 0 Å². The second-order valence-electron chi connectivity index (χ2n) is 5.69. The number of aliphatic hydroxyl groups is 1. The Morgan fingerprint density at radius 1 is 1.12 bits per heavy atom. The largest absolute Gasteiger partial charge is 0.390 e. The summed E-state index contributed by atoms with van der Waals surface area (Å²) in [6.07, 6.45) is -1.80. The Morgan fingerprint density at radius 3 is 2.42 bits per heavy atom. The molecule has 7 heteroatoms. The quantitative estimate of drug-likeness (QED) is 0.426. The van der Waals surface area contributed by atoms with Crippen molar-refractivity contribution in [3.8, 4) is 0 Å². The molecule has 0 aromatic heterocycles. The van der Waals surface area contributed by atoms with Crippen LogP contribution >= 0.6 is 0 Å². The molecule has 1 aliphatic rings. The zero-order valence-corrected chi connectivity index (χ0v) is 14.1. The van der Waals surface area contributed by atoms with Crippen LogP contribution in [0.25, 0.3) is 10.4 Å². The standard InChI is InChI=1S/C17H25N3O4/c1-3-23-16-13(11-22-10-12-8-6-5-7-9-12)17(24-4-2)15(21)14(16)19-20-18/h5-9,13-17,21H,3-4,10-11H2,1-2H3/t13-,14+,15+,16-,17+/m0/s1. The molecule has 0 heterocycles. The minimum atomic E-state index is -0.900. The van der Waals surface area contributed by atoms with Crippen molar-refractivity contribution in [3.05, 3.63) is 46.3 Å². The molecule has 1 saturated carbocycles. The number of aliphatic hydroxyl groups excluding tert-OH is 1. The number of benzene rings is 1. The first kappa shape index (κ1) is 18.7. The molecule has 1 aromatic rings. The molecule has 0 aliphatic heterocycles. The van der Waals surface area contributed by atoms with E-state index in [9.17, 15) is 5.11 Å². The lowest BCUT2D eigenvalue weighted by atomic mass is 10.0. The molecule has 1 N–H and O–H groups in total. The summed E-state index contributed by atoms with van der Waals surface area (Å²) in [5.41, 5.74) is 9.85. The van der Waals surface area contributed by atoms with Crippen molar-refractivity contribution in [3.63, 3.8) is 0 Å². The molecule has 0 spiro atoms. The molecular weight excluding hydrogens is 310 g/mol. The highest BCUT2D eigenvalue weighted by Crippen LogP contribution is 2.34. The highest BCUT2D eigenvalue weighted by atomic mass is 16.5. The third-order valence-corrected chi connectivity index (χ3v) is 4.19. The second kappa shape index (κ2) is 9.61. The Labute approximate surface area is 142 Å². The molecule has 24 heavy (non-hydrogen) atoms. The van der Waals surface area contributed by atoms with E-state index in [0.29, 0.717) is 26.4 Å². The zero-order chi connectivity index (χ0) is 17.4. The summed E-state index contributed by atoms with van der Waals surface area (Å²) in [7, 11) is 0. The van der Waals surface area contributed by atoms with Gasteiger partial charge in [-0.3, -0.25) is 0 Å². The number of rotatable bonds is 9. The average Bonchev–Trinajstić information content (AvgIpc) is 2.83. The summed E-state index contributed by atoms with van der Waals surface area (Å²) in [6.45, 7) is 5.48. The smallest absolute Gasteiger partial charge is 0.0925 e. The molecule has 0 radical (unpaired) electrons. The Hall–Kier alpha value is -1.63. The van der Waals surface area contributed by atoms with Gasteiger partial charge in [0.05, 0.1) is 37.6 Å². The van der Waals surface area contributed by atoms with E-state index >= 15 is 0 Å². The second-order valence-corrected chi connectivity index (χ2v) is 5.69. The average molecular weight is 335 g/mol. The third kappa shape index (κ3) is 4.47. The molecule has 2 rings (SSSR count). The van der Waals surface area contributed by atoms with E-state index in [0.717, 1.165) is 5.56 Å². The van der Waals surface area contributed by atoms with Crippen LogP contribution in [-0.4, -0.2) is 49.3 Å². The van der Waals surface area contributed by atoms with Crippen molar-refractivity contribution >= 4 is 0 Å². The first-order valence-corrected chi connectivity index (χ1v) is 8.30. The van der Waals surface area contributed by atoms with Crippen LogP contribution in [0.1, 0.15) is 19.4 Å². The molecule has 0 saturated heterocycles. The first-order chi connectivity index (χ1) is 11.7. The monoisotopic (exact) mass is 335 g/mol. The Morgan fingerprint density at radius 2 is 1.79 bits per heavy atom. The van der Waals surface area contributed by atoms with Crippen molar-refractivity contribution in [2.45, 2.75) is 44.8 Å². The maximum Gasteiger partial charge on any atom is 0.0925 e. The normalized spacial score (nSPS) is 29.4. The lowest BCUT2D eigenvalue weighted by molar-refractivity contribution is -0.0744. The summed E-state index contributed by atoms with van der Waals surface area (Å²) in [6, 6.07) is 9.19. The van der Waals surface area contributed by atoms with Crippen LogP contribution in [-0.2, 0) is 20.8 Å². The Kier molecular flexibility index (Phi) is 7.49. The van der Waals surface area contributed by atoms with Crippen molar-refractivity contribution in [2.75, 3.05) is 19.8 Å². The maximum absolute atomic E-state index is 10.5. The molecule has 0 amide bonds. The zero-order valence-electron chi connectivity index (χ0n) is 14.1. The number of hydrogen-bond donors (Lipinski definition) is 1. The van der Waals surface area contributed by atoms with E-state index in [4.69, 9.17) is 19.7 Å². The van der Waals surface area contributed by atoms with E-state index in [1.54, 1.807) is 0 Å². The lowest BCUT2D eigenvalue weighted by Gasteiger charge is -2.25. The third-order valence-electron chi connectivity index (χ3n) is 4.19. The van der Waals surface area contributed by atoms with Gasteiger partial charge in [0.15, 0.2) is 0 Å². The van der Waals surface area contributed by atoms with Gasteiger partial charge in [0.25, 0.3) is 0 Å². The molecule has 7 nitrogen and oxygen atoms in total. The van der Waals surface area contributed by atoms with Gasteiger partial charge >= 0.3 is 0 Å². The highest BCUT2D eigenvalue weighted by molar-refractivity contribution is 5.13. The molecule has 1 fully saturated rings. The summed E-state index contributed by atoms with van der Waals surface area (Å²) >= 11 is 0. The fourth-order valence-electron chi connectivity index (χ4n) is 3.18. The molecule has 0 bridgehead atoms. The minimum Gasteiger partial charge on any atom is -0.390 e. The van der Waals surface area contributed by atoms with Crippen molar-refractivity contribution in [1.82, 2.24) is 0 Å². The summed E-state index contributed by atoms with van der Waals surface area (Å²) in [4.78, 5) is 2.85. The van der Waals surface area contributed by atoms with E-state index in [2.05, 4.69) is 10.0 Å². The molecule has 5 atom stereocenters. The molecule has 0 unspecified atom stereocenters. The van der Waals surface area contributed by atoms with Gasteiger partial charge in [-0.15, -0.1) is 0 Å². The van der Waals surface area contributed by atoms with Gasteiger partial charge in [-0.05, 0) is 24.9 Å². The first-order valence-electron chi connectivity index (χ1n) is 8.30. The van der Waals surface area contributed by atoms with Crippen LogP contribution in [0.15, 0.2) is 35.4 Å². The Balaban J connectivity index is 2.07. The summed E-state index contributed by atoms with van der Waals surface area (Å²) in [5, 5.41) is 14.2. The predicted octanol–water partition coefficient (Wildman–Crippen LogP) is 2.68. The van der Waals surface area contributed by atoms with Crippen LogP contribution in [0.2, 0.25) is 0 Å². The van der Waals surface area contributed by atoms with E-state index in [1.165, 1.54) is 0 Å². The van der Waals surface area contributed by atoms with E-state index in [-0.39, 0.29) is 5.92 Å². The SMILES string of the molecule is CCO[C@H]1[C@H](O)[C@@H](N=[N+]=[N-])[C@@H](OCC)[C@@H]1COCc1ccccc1. The fourth-order valence-corrected chi connectivity index (χ4v) is 3.18. The van der Waals surface area contributed by atoms with Gasteiger partial charge in [0.2, 0.25) is 0 Å². The fraction of sp³-hybridized carbons (Fsp3) is 0.647. The number of hydrogen-bond acceptors (Lipinski definition) is 5. The van der Waals surface area contributed by atoms with E-state index < -0.39 is 24.4 Å². The summed E-state index contributed by atoms with van der Waals surface area (Å²) < 4.78 is 17.3. The van der Waals surface area contributed by atoms with Crippen molar-refractivity contribution in [2.24, 2.45) is 11.0 Å². The van der Waals surface area contributed by atoms with Crippen LogP contribution in [0, 0.1) is 5.92 Å². The maximum atomic E-state index is 10.5. The number of azide groups is 1. The molecular formula is C17H25N3O4. The number of nitrogens with zero attached hydrogens (tertiary/aromatic N) is 3. The van der Waals surface area contributed by atoms with Crippen molar-refractivity contribution in [1.29, 1.82) is 0 Å². The van der Waals surface area contributed by atoms with Gasteiger partial charge in [0.1, 0.15) is 0 Å². The van der Waals surface area contributed by atoms with E-state index in [1.807, 2.05) is 44.2 Å². The van der Waals surface area contributed by atoms with Crippen LogP contribution in [0.5, 0.6) is 0 Å². The van der Waals surface area contributed by atoms with Crippen molar-refractivity contribution < 1.29 is 19.3 Å². The topological polar surface area (TPSA) is 96.7 Å². The van der Waals surface area contributed by atoms with Crippen LogP contribution in [0.4, 0.5) is 0 Å². The molecule has 1 aromatic carbocycles. The summed E-state index contributed by atoms with van der Waals surface area (Å²) in [5.74, 6) is -0.195. The van der Waals surface area contributed by atoms with Gasteiger partial charge < -0.3 is 19.3 Å².